The largest absolute Gasteiger partial charge is 0.138 e. The Balaban J connectivity index is 2.83. The van der Waals surface area contributed by atoms with E-state index in [4.69, 9.17) is 0 Å². The molecule has 0 aliphatic heterocycles. The molecule has 3 atom stereocenters. The summed E-state index contributed by atoms with van der Waals surface area (Å²) in [6.45, 7) is 2.22. The van der Waals surface area contributed by atoms with Crippen LogP contribution in [-0.4, -0.2) is 11.8 Å². The van der Waals surface area contributed by atoms with Gasteiger partial charge >= 0.3 is 0 Å². The maximum absolute atomic E-state index is 2.84. The molecule has 0 fully saturated rings. The van der Waals surface area contributed by atoms with Gasteiger partial charge in [-0.1, -0.05) is 6.92 Å². The van der Waals surface area contributed by atoms with Gasteiger partial charge in [0, 0.05) is 0 Å². The Morgan fingerprint density at radius 2 is 2.14 bits per heavy atom. The Morgan fingerprint density at radius 1 is 1.57 bits per heavy atom. The lowest BCUT2D eigenvalue weighted by Crippen LogP contribution is -1.93. The van der Waals surface area contributed by atoms with E-state index in [1.165, 1.54) is 19.0 Å². The van der Waals surface area contributed by atoms with Gasteiger partial charge in [-0.15, -0.1) is 18.5 Å². The van der Waals surface area contributed by atoms with E-state index in [0.717, 1.165) is 5.66 Å². The molecule has 0 saturated carbocycles. The standard InChI is InChI=1S/C5H14P2/c1-2-5(7)3-4-6/h5H,2-4,6-7H2,1H3. The van der Waals surface area contributed by atoms with Crippen LogP contribution >= 0.6 is 18.5 Å². The zero-order chi connectivity index (χ0) is 5.70. The first-order valence-electron chi connectivity index (χ1n) is 2.77. The van der Waals surface area contributed by atoms with Crippen LogP contribution in [-0.2, 0) is 0 Å². The monoisotopic (exact) mass is 136 g/mol. The van der Waals surface area contributed by atoms with Crippen molar-refractivity contribution >= 4 is 18.5 Å². The van der Waals surface area contributed by atoms with Crippen LogP contribution < -0.4 is 0 Å². The van der Waals surface area contributed by atoms with Gasteiger partial charge in [0.1, 0.15) is 0 Å². The molecule has 0 aliphatic carbocycles. The lowest BCUT2D eigenvalue weighted by atomic mass is 10.3. The van der Waals surface area contributed by atoms with Crippen molar-refractivity contribution in [3.63, 3.8) is 0 Å². The predicted molar refractivity (Wildman–Crippen MR) is 43.0 cm³/mol. The maximum atomic E-state index is 2.84. The molecular formula is C5H14P2. The Bertz CT molecular complexity index is 37.1. The average Bonchev–Trinajstić information content (AvgIpc) is 1.68. The molecule has 0 bridgehead atoms. The highest BCUT2D eigenvalue weighted by molar-refractivity contribution is 7.18. The van der Waals surface area contributed by atoms with Crippen LogP contribution in [0.15, 0.2) is 0 Å². The van der Waals surface area contributed by atoms with Crippen molar-refractivity contribution in [2.24, 2.45) is 0 Å². The summed E-state index contributed by atoms with van der Waals surface area (Å²) in [6, 6.07) is 0. The zero-order valence-electron chi connectivity index (χ0n) is 4.85. The fourth-order valence-corrected chi connectivity index (χ4v) is 1.42. The minimum atomic E-state index is 0.845. The first kappa shape index (κ1) is 7.86. The van der Waals surface area contributed by atoms with Gasteiger partial charge in [0.2, 0.25) is 0 Å². The first-order valence-corrected chi connectivity index (χ1v) is 4.25. The summed E-state index contributed by atoms with van der Waals surface area (Å²) < 4.78 is 0. The minimum absolute atomic E-state index is 0.845. The number of hydrogen-bond donors (Lipinski definition) is 0. The fraction of sp³-hybridized carbons (Fsp3) is 1.00. The summed E-state index contributed by atoms with van der Waals surface area (Å²) in [5, 5.41) is 0. The molecule has 0 rings (SSSR count). The summed E-state index contributed by atoms with van der Waals surface area (Å²) in [5.41, 5.74) is 0.845. The van der Waals surface area contributed by atoms with Crippen molar-refractivity contribution in [2.45, 2.75) is 25.4 Å². The van der Waals surface area contributed by atoms with E-state index in [1.54, 1.807) is 0 Å². The lowest BCUT2D eigenvalue weighted by molar-refractivity contribution is 0.800. The Kier molecular flexibility index (Phi) is 5.62. The molecule has 2 heteroatoms. The molecule has 0 aromatic heterocycles. The average molecular weight is 136 g/mol. The minimum Gasteiger partial charge on any atom is -0.138 e. The smallest absolute Gasteiger partial charge is 0.0264 e. The zero-order valence-corrected chi connectivity index (χ0v) is 7.16. The number of hydrogen-bond acceptors (Lipinski definition) is 0. The van der Waals surface area contributed by atoms with Gasteiger partial charge in [-0.2, -0.15) is 0 Å². The van der Waals surface area contributed by atoms with Gasteiger partial charge in [-0.05, 0) is 24.7 Å². The highest BCUT2D eigenvalue weighted by atomic mass is 31.0. The molecule has 0 amide bonds. The summed E-state index contributed by atoms with van der Waals surface area (Å²) in [6.07, 6.45) is 3.85. The number of rotatable bonds is 3. The third-order valence-corrected chi connectivity index (χ3v) is 2.20. The molecule has 0 saturated heterocycles. The Labute approximate surface area is 50.9 Å². The molecule has 3 unspecified atom stereocenters. The normalized spacial score (nSPS) is 14.1. The van der Waals surface area contributed by atoms with Crippen molar-refractivity contribution < 1.29 is 0 Å². The Hall–Kier alpha value is 0.860. The molecule has 44 valence electrons. The molecule has 0 spiro atoms. The molecule has 7 heavy (non-hydrogen) atoms. The van der Waals surface area contributed by atoms with Crippen LogP contribution in [0, 0.1) is 0 Å². The van der Waals surface area contributed by atoms with Crippen LogP contribution in [0.2, 0.25) is 0 Å². The van der Waals surface area contributed by atoms with Gasteiger partial charge in [-0.3, -0.25) is 0 Å². The van der Waals surface area contributed by atoms with Crippen LogP contribution in [0.5, 0.6) is 0 Å². The summed E-state index contributed by atoms with van der Waals surface area (Å²) in [7, 11) is 5.58. The van der Waals surface area contributed by atoms with Crippen molar-refractivity contribution in [3.8, 4) is 0 Å². The lowest BCUT2D eigenvalue weighted by Gasteiger charge is -2.02. The predicted octanol–water partition coefficient (Wildman–Crippen LogP) is 1.91. The third kappa shape index (κ3) is 4.72. The van der Waals surface area contributed by atoms with Crippen LogP contribution in [0.1, 0.15) is 19.8 Å². The Morgan fingerprint density at radius 3 is 2.29 bits per heavy atom. The van der Waals surface area contributed by atoms with Crippen LogP contribution in [0.4, 0.5) is 0 Å². The van der Waals surface area contributed by atoms with Crippen molar-refractivity contribution in [3.05, 3.63) is 0 Å². The van der Waals surface area contributed by atoms with Crippen molar-refractivity contribution in [1.82, 2.24) is 0 Å². The molecule has 0 N–H and O–H groups in total. The molecule has 0 heterocycles. The van der Waals surface area contributed by atoms with Gasteiger partial charge in [0.05, 0.1) is 0 Å². The van der Waals surface area contributed by atoms with E-state index in [9.17, 15) is 0 Å². The first-order chi connectivity index (χ1) is 3.31. The van der Waals surface area contributed by atoms with Crippen molar-refractivity contribution in [2.75, 3.05) is 6.16 Å². The van der Waals surface area contributed by atoms with Gasteiger partial charge in [0.25, 0.3) is 0 Å². The molecular weight excluding hydrogens is 122 g/mol. The second kappa shape index (κ2) is 5.01. The fourth-order valence-electron chi connectivity index (χ4n) is 0.418. The second-order valence-electron chi connectivity index (χ2n) is 1.75. The molecule has 0 radical (unpaired) electrons. The van der Waals surface area contributed by atoms with Crippen LogP contribution in [0.3, 0.4) is 0 Å². The van der Waals surface area contributed by atoms with Gasteiger partial charge in [0.15, 0.2) is 0 Å². The summed E-state index contributed by atoms with van der Waals surface area (Å²) in [4.78, 5) is 0. The highest BCUT2D eigenvalue weighted by Gasteiger charge is 1.92. The van der Waals surface area contributed by atoms with Gasteiger partial charge in [-0.25, -0.2) is 0 Å². The SMILES string of the molecule is CCC(P)CCP. The van der Waals surface area contributed by atoms with Crippen molar-refractivity contribution in [1.29, 1.82) is 0 Å². The molecule has 0 aromatic carbocycles. The molecule has 0 aromatic rings. The highest BCUT2D eigenvalue weighted by Crippen LogP contribution is 2.09. The van der Waals surface area contributed by atoms with E-state index in [2.05, 4.69) is 25.4 Å². The summed E-state index contributed by atoms with van der Waals surface area (Å²) in [5.74, 6) is 0. The summed E-state index contributed by atoms with van der Waals surface area (Å²) >= 11 is 0. The quantitative estimate of drug-likeness (QED) is 0.520. The third-order valence-electron chi connectivity index (χ3n) is 1.06. The van der Waals surface area contributed by atoms with Gasteiger partial charge < -0.3 is 0 Å². The second-order valence-corrected chi connectivity index (χ2v) is 3.27. The molecule has 0 aliphatic rings. The molecule has 0 nitrogen and oxygen atoms in total. The van der Waals surface area contributed by atoms with Crippen LogP contribution in [0.25, 0.3) is 0 Å². The maximum Gasteiger partial charge on any atom is -0.0264 e. The van der Waals surface area contributed by atoms with E-state index in [0.29, 0.717) is 0 Å². The topological polar surface area (TPSA) is 0 Å². The van der Waals surface area contributed by atoms with E-state index in [1.807, 2.05) is 0 Å². The van der Waals surface area contributed by atoms with E-state index >= 15 is 0 Å². The van der Waals surface area contributed by atoms with E-state index in [-0.39, 0.29) is 0 Å². The van der Waals surface area contributed by atoms with E-state index < -0.39 is 0 Å².